The van der Waals surface area contributed by atoms with Crippen molar-refractivity contribution >= 4 is 5.91 Å². The van der Waals surface area contributed by atoms with Crippen LogP contribution in [0, 0.1) is 22.6 Å². The van der Waals surface area contributed by atoms with Gasteiger partial charge in [-0.3, -0.25) is 4.79 Å². The second-order valence-electron chi connectivity index (χ2n) is 5.37. The Balaban J connectivity index is 2.98. The van der Waals surface area contributed by atoms with Crippen molar-refractivity contribution in [2.45, 2.75) is 26.7 Å². The van der Waals surface area contributed by atoms with E-state index in [4.69, 9.17) is 5.26 Å². The quantitative estimate of drug-likeness (QED) is 0.876. The van der Waals surface area contributed by atoms with Gasteiger partial charge in [0.2, 0.25) is 0 Å². The zero-order valence-corrected chi connectivity index (χ0v) is 12.7. The molecule has 0 aliphatic heterocycles. The summed E-state index contributed by atoms with van der Waals surface area (Å²) in [5.74, 6) is -0.962. The monoisotopic (exact) mass is 292 g/mol. The normalized spacial score (nSPS) is 11.0. The van der Waals surface area contributed by atoms with Gasteiger partial charge in [0.1, 0.15) is 5.82 Å². The summed E-state index contributed by atoms with van der Waals surface area (Å²) >= 11 is 0. The maximum absolute atomic E-state index is 13.4. The lowest BCUT2D eigenvalue weighted by atomic mass is 9.82. The highest BCUT2D eigenvalue weighted by Gasteiger charge is 2.29. The lowest BCUT2D eigenvalue weighted by molar-refractivity contribution is 0.0544. The summed E-state index contributed by atoms with van der Waals surface area (Å²) < 4.78 is 13.4. The Bertz CT molecular complexity index is 539. The summed E-state index contributed by atoms with van der Waals surface area (Å²) in [6.07, 6.45) is 1.48. The Morgan fingerprint density at radius 2 is 2.00 bits per heavy atom. The molecule has 0 heterocycles. The summed E-state index contributed by atoms with van der Waals surface area (Å²) in [5, 5.41) is 18.4. The van der Waals surface area contributed by atoms with Gasteiger partial charge in [-0.15, -0.1) is 0 Å². The van der Waals surface area contributed by atoms with Gasteiger partial charge in [-0.1, -0.05) is 13.8 Å². The minimum absolute atomic E-state index is 0.00971. The molecule has 1 amide bonds. The average molecular weight is 292 g/mol. The zero-order chi connectivity index (χ0) is 16.0. The number of carbonyl (C=O) groups is 1. The Morgan fingerprint density at radius 3 is 2.48 bits per heavy atom. The number of nitriles is 1. The molecule has 1 aromatic rings. The van der Waals surface area contributed by atoms with Crippen LogP contribution in [0.15, 0.2) is 18.2 Å². The second-order valence-corrected chi connectivity index (χ2v) is 5.37. The van der Waals surface area contributed by atoms with Crippen LogP contribution in [0.3, 0.4) is 0 Å². The van der Waals surface area contributed by atoms with Crippen molar-refractivity contribution in [1.82, 2.24) is 4.90 Å². The van der Waals surface area contributed by atoms with Crippen LogP contribution >= 0.6 is 0 Å². The lowest BCUT2D eigenvalue weighted by Crippen LogP contribution is -2.40. The summed E-state index contributed by atoms with van der Waals surface area (Å²) in [6.45, 7) is 4.31. The molecule has 1 N–H and O–H groups in total. The third-order valence-electron chi connectivity index (χ3n) is 4.03. The molecule has 5 heteroatoms. The average Bonchev–Trinajstić information content (AvgIpc) is 2.51. The van der Waals surface area contributed by atoms with Crippen LogP contribution < -0.4 is 0 Å². The first-order valence-corrected chi connectivity index (χ1v) is 6.98. The molecule has 1 aromatic carbocycles. The zero-order valence-electron chi connectivity index (χ0n) is 12.7. The van der Waals surface area contributed by atoms with Crippen molar-refractivity contribution in [2.75, 3.05) is 20.2 Å². The fraction of sp³-hybridized carbons (Fsp3) is 0.500. The first-order valence-electron chi connectivity index (χ1n) is 6.98. The number of rotatable bonds is 6. The van der Waals surface area contributed by atoms with Gasteiger partial charge in [-0.25, -0.2) is 4.39 Å². The summed E-state index contributed by atoms with van der Waals surface area (Å²) in [5.41, 5.74) is -0.0882. The van der Waals surface area contributed by atoms with Crippen molar-refractivity contribution in [3.8, 4) is 6.07 Å². The van der Waals surface area contributed by atoms with Crippen LogP contribution in [-0.2, 0) is 0 Å². The highest BCUT2D eigenvalue weighted by Crippen LogP contribution is 2.27. The van der Waals surface area contributed by atoms with Crippen LogP contribution in [0.25, 0.3) is 0 Å². The van der Waals surface area contributed by atoms with Gasteiger partial charge >= 0.3 is 0 Å². The van der Waals surface area contributed by atoms with E-state index in [0.29, 0.717) is 6.54 Å². The standard InChI is InChI=1S/C16H21FN2O2/c1-4-16(5-2,11-20)10-19(3)15(21)13-6-12(9-18)7-14(17)8-13/h6-8,20H,4-5,10-11H2,1-3H3. The Labute approximate surface area is 124 Å². The van der Waals surface area contributed by atoms with Gasteiger partial charge in [0.05, 0.1) is 18.2 Å². The number of carbonyl (C=O) groups excluding carboxylic acids is 1. The van der Waals surface area contributed by atoms with E-state index in [1.807, 2.05) is 19.9 Å². The molecule has 114 valence electrons. The fourth-order valence-electron chi connectivity index (χ4n) is 2.32. The van der Waals surface area contributed by atoms with E-state index < -0.39 is 5.82 Å². The van der Waals surface area contributed by atoms with Crippen LogP contribution in [0.2, 0.25) is 0 Å². The van der Waals surface area contributed by atoms with Gasteiger partial charge in [0.25, 0.3) is 5.91 Å². The molecular formula is C16H21FN2O2. The molecule has 0 saturated heterocycles. The van der Waals surface area contributed by atoms with E-state index in [1.165, 1.54) is 11.0 Å². The van der Waals surface area contributed by atoms with Gasteiger partial charge in [-0.05, 0) is 31.0 Å². The smallest absolute Gasteiger partial charge is 0.253 e. The van der Waals surface area contributed by atoms with Crippen LogP contribution in [0.5, 0.6) is 0 Å². The van der Waals surface area contributed by atoms with Crippen molar-refractivity contribution in [2.24, 2.45) is 5.41 Å². The third-order valence-corrected chi connectivity index (χ3v) is 4.03. The minimum atomic E-state index is -0.606. The fourth-order valence-corrected chi connectivity index (χ4v) is 2.32. The molecule has 0 radical (unpaired) electrons. The van der Waals surface area contributed by atoms with Gasteiger partial charge in [-0.2, -0.15) is 5.26 Å². The van der Waals surface area contributed by atoms with E-state index in [0.717, 1.165) is 25.0 Å². The number of benzene rings is 1. The van der Waals surface area contributed by atoms with Crippen molar-refractivity contribution in [3.63, 3.8) is 0 Å². The van der Waals surface area contributed by atoms with Gasteiger partial charge in [0.15, 0.2) is 0 Å². The number of hydrogen-bond donors (Lipinski definition) is 1. The summed E-state index contributed by atoms with van der Waals surface area (Å²) in [6, 6.07) is 5.42. The molecule has 1 rings (SSSR count). The predicted molar refractivity (Wildman–Crippen MR) is 78.2 cm³/mol. The molecule has 0 unspecified atom stereocenters. The largest absolute Gasteiger partial charge is 0.396 e. The van der Waals surface area contributed by atoms with Gasteiger partial charge in [0, 0.05) is 24.6 Å². The number of halogens is 1. The first kappa shape index (κ1) is 17.1. The van der Waals surface area contributed by atoms with Crippen LogP contribution in [-0.4, -0.2) is 36.1 Å². The SMILES string of the molecule is CCC(CC)(CO)CN(C)C(=O)c1cc(F)cc(C#N)c1. The summed E-state index contributed by atoms with van der Waals surface area (Å²) in [4.78, 5) is 13.8. The number of hydrogen-bond acceptors (Lipinski definition) is 3. The molecule has 21 heavy (non-hydrogen) atoms. The molecule has 0 fully saturated rings. The molecule has 0 spiro atoms. The summed E-state index contributed by atoms with van der Waals surface area (Å²) in [7, 11) is 1.62. The third kappa shape index (κ3) is 4.02. The van der Waals surface area contributed by atoms with E-state index >= 15 is 0 Å². The number of amides is 1. The van der Waals surface area contributed by atoms with E-state index in [2.05, 4.69) is 0 Å². The highest BCUT2D eigenvalue weighted by molar-refractivity contribution is 5.94. The van der Waals surface area contributed by atoms with Crippen molar-refractivity contribution in [1.29, 1.82) is 5.26 Å². The maximum atomic E-state index is 13.4. The van der Waals surface area contributed by atoms with Gasteiger partial charge < -0.3 is 10.0 Å². The Kier molecular flexibility index (Phi) is 5.86. The lowest BCUT2D eigenvalue weighted by Gasteiger charge is -2.34. The molecule has 0 atom stereocenters. The maximum Gasteiger partial charge on any atom is 0.253 e. The molecule has 0 bridgehead atoms. The molecule has 4 nitrogen and oxygen atoms in total. The highest BCUT2D eigenvalue weighted by atomic mass is 19.1. The number of aliphatic hydroxyl groups excluding tert-OH is 1. The topological polar surface area (TPSA) is 64.3 Å². The molecule has 0 saturated carbocycles. The predicted octanol–water partition coefficient (Wildman–Crippen LogP) is 2.57. The van der Waals surface area contributed by atoms with E-state index in [1.54, 1.807) is 7.05 Å². The van der Waals surface area contributed by atoms with Crippen molar-refractivity contribution < 1.29 is 14.3 Å². The van der Waals surface area contributed by atoms with E-state index in [-0.39, 0.29) is 29.1 Å². The molecule has 0 aromatic heterocycles. The number of aliphatic hydroxyl groups is 1. The number of nitrogens with zero attached hydrogens (tertiary/aromatic N) is 2. The minimum Gasteiger partial charge on any atom is -0.396 e. The second kappa shape index (κ2) is 7.19. The van der Waals surface area contributed by atoms with Crippen molar-refractivity contribution in [3.05, 3.63) is 35.1 Å². The molecule has 0 aliphatic carbocycles. The Morgan fingerprint density at radius 1 is 1.38 bits per heavy atom. The first-order chi connectivity index (χ1) is 9.91. The Hall–Kier alpha value is -1.93. The van der Waals surface area contributed by atoms with E-state index in [9.17, 15) is 14.3 Å². The molecular weight excluding hydrogens is 271 g/mol. The van der Waals surface area contributed by atoms with Crippen LogP contribution in [0.1, 0.15) is 42.6 Å². The van der Waals surface area contributed by atoms with Crippen LogP contribution in [0.4, 0.5) is 4.39 Å². The molecule has 0 aliphatic rings.